The Balaban J connectivity index is 1.56. The van der Waals surface area contributed by atoms with Crippen LogP contribution in [0.1, 0.15) is 21.7 Å². The number of hydrogen-bond acceptors (Lipinski definition) is 5. The molecule has 3 rings (SSSR count). The van der Waals surface area contributed by atoms with Crippen LogP contribution in [0.15, 0.2) is 77.4 Å². The van der Waals surface area contributed by atoms with Crippen LogP contribution in [0.2, 0.25) is 5.02 Å². The maximum absolute atomic E-state index is 12.6. The lowest BCUT2D eigenvalue weighted by molar-refractivity contribution is -0.150. The number of rotatable bonds is 9. The topological polar surface area (TPSA) is 97.6 Å². The summed E-state index contributed by atoms with van der Waals surface area (Å²) in [7, 11) is 0. The van der Waals surface area contributed by atoms with Crippen molar-refractivity contribution in [2.24, 2.45) is 0 Å². The molecule has 8 heteroatoms. The van der Waals surface area contributed by atoms with Crippen LogP contribution >= 0.6 is 11.6 Å². The molecule has 7 nitrogen and oxygen atoms in total. The fraction of sp³-hybridized carbons (Fsp3) is 0.174. The van der Waals surface area contributed by atoms with E-state index in [1.54, 1.807) is 24.3 Å². The van der Waals surface area contributed by atoms with Crippen molar-refractivity contribution in [2.45, 2.75) is 19.0 Å². The minimum atomic E-state index is -0.985. The van der Waals surface area contributed by atoms with Crippen LogP contribution in [0.3, 0.4) is 0 Å². The molecule has 0 bridgehead atoms. The van der Waals surface area contributed by atoms with Gasteiger partial charge in [0.25, 0.3) is 11.8 Å². The van der Waals surface area contributed by atoms with Crippen molar-refractivity contribution in [3.05, 3.63) is 94.9 Å². The van der Waals surface area contributed by atoms with E-state index in [2.05, 4.69) is 10.6 Å². The molecule has 160 valence electrons. The van der Waals surface area contributed by atoms with Crippen LogP contribution in [-0.4, -0.2) is 30.4 Å². The Morgan fingerprint density at radius 3 is 2.45 bits per heavy atom. The summed E-state index contributed by atoms with van der Waals surface area (Å²) < 4.78 is 10.2. The van der Waals surface area contributed by atoms with Gasteiger partial charge in [0.2, 0.25) is 0 Å². The molecule has 1 unspecified atom stereocenters. The van der Waals surface area contributed by atoms with Gasteiger partial charge >= 0.3 is 5.97 Å². The van der Waals surface area contributed by atoms with E-state index < -0.39 is 30.4 Å². The normalized spacial score (nSPS) is 11.4. The van der Waals surface area contributed by atoms with Gasteiger partial charge in [-0.15, -0.1) is 0 Å². The number of halogens is 1. The van der Waals surface area contributed by atoms with Gasteiger partial charge in [-0.05, 0) is 35.4 Å². The number of carbonyl (C=O) groups excluding carboxylic acids is 3. The number of carbonyl (C=O) groups is 3. The van der Waals surface area contributed by atoms with E-state index >= 15 is 0 Å². The maximum atomic E-state index is 12.6. The van der Waals surface area contributed by atoms with Crippen molar-refractivity contribution >= 4 is 29.4 Å². The highest BCUT2D eigenvalue weighted by atomic mass is 35.5. The quantitative estimate of drug-likeness (QED) is 0.498. The summed E-state index contributed by atoms with van der Waals surface area (Å²) in [6, 6.07) is 18.3. The molecule has 0 spiro atoms. The lowest BCUT2D eigenvalue weighted by Crippen LogP contribution is -2.44. The first-order valence-electron chi connectivity index (χ1n) is 9.57. The summed E-state index contributed by atoms with van der Waals surface area (Å²) in [4.78, 5) is 37.0. The van der Waals surface area contributed by atoms with E-state index in [1.165, 1.54) is 12.3 Å². The standard InChI is InChI=1S/C23H21ClN2O5/c24-18-9-4-8-17(12-18)14-25-21(27)15-31-23(29)19(13-16-6-2-1-3-7-16)26-22(28)20-10-5-11-30-20/h1-12,19H,13-15H2,(H,25,27)(H,26,28). The second-order valence-electron chi connectivity index (χ2n) is 6.71. The van der Waals surface area contributed by atoms with Crippen molar-refractivity contribution in [1.82, 2.24) is 10.6 Å². The highest BCUT2D eigenvalue weighted by Crippen LogP contribution is 2.10. The number of amides is 2. The molecule has 0 fully saturated rings. The predicted molar refractivity (Wildman–Crippen MR) is 114 cm³/mol. The van der Waals surface area contributed by atoms with Gasteiger partial charge < -0.3 is 19.8 Å². The third-order valence-corrected chi connectivity index (χ3v) is 4.58. The van der Waals surface area contributed by atoms with Gasteiger partial charge in [0, 0.05) is 18.0 Å². The van der Waals surface area contributed by atoms with Crippen molar-refractivity contribution in [1.29, 1.82) is 0 Å². The van der Waals surface area contributed by atoms with E-state index in [4.69, 9.17) is 20.8 Å². The third-order valence-electron chi connectivity index (χ3n) is 4.34. The fourth-order valence-corrected chi connectivity index (χ4v) is 3.03. The summed E-state index contributed by atoms with van der Waals surface area (Å²) in [6.45, 7) is -0.221. The molecule has 0 saturated heterocycles. The average Bonchev–Trinajstić information content (AvgIpc) is 3.31. The van der Waals surface area contributed by atoms with E-state index in [0.717, 1.165) is 11.1 Å². The Hall–Kier alpha value is -3.58. The molecule has 31 heavy (non-hydrogen) atoms. The molecule has 0 radical (unpaired) electrons. The van der Waals surface area contributed by atoms with Crippen LogP contribution in [0.25, 0.3) is 0 Å². The van der Waals surface area contributed by atoms with Gasteiger partial charge in [0.1, 0.15) is 6.04 Å². The lowest BCUT2D eigenvalue weighted by Gasteiger charge is -2.17. The SMILES string of the molecule is O=C(COC(=O)C(Cc1ccccc1)NC(=O)c1ccco1)NCc1cccc(Cl)c1. The predicted octanol–water partition coefficient (Wildman–Crippen LogP) is 3.13. The summed E-state index contributed by atoms with van der Waals surface area (Å²) >= 11 is 5.92. The first kappa shape index (κ1) is 22.1. The van der Waals surface area contributed by atoms with Gasteiger partial charge in [0.05, 0.1) is 6.26 Å². The van der Waals surface area contributed by atoms with Crippen LogP contribution < -0.4 is 10.6 Å². The van der Waals surface area contributed by atoms with E-state index in [-0.39, 0.29) is 18.7 Å². The van der Waals surface area contributed by atoms with Crippen molar-refractivity contribution < 1.29 is 23.5 Å². The van der Waals surface area contributed by atoms with Gasteiger partial charge in [-0.2, -0.15) is 0 Å². The van der Waals surface area contributed by atoms with Crippen molar-refractivity contribution in [2.75, 3.05) is 6.61 Å². The molecule has 3 aromatic rings. The molecule has 0 aliphatic carbocycles. The highest BCUT2D eigenvalue weighted by molar-refractivity contribution is 6.30. The van der Waals surface area contributed by atoms with Crippen LogP contribution in [0.4, 0.5) is 0 Å². The number of benzene rings is 2. The number of nitrogens with one attached hydrogen (secondary N) is 2. The summed E-state index contributed by atoms with van der Waals surface area (Å²) in [5.41, 5.74) is 1.65. The highest BCUT2D eigenvalue weighted by Gasteiger charge is 2.25. The lowest BCUT2D eigenvalue weighted by atomic mass is 10.1. The van der Waals surface area contributed by atoms with E-state index in [1.807, 2.05) is 36.4 Å². The second-order valence-corrected chi connectivity index (χ2v) is 7.14. The van der Waals surface area contributed by atoms with Crippen molar-refractivity contribution in [3.63, 3.8) is 0 Å². The second kappa shape index (κ2) is 11.0. The molecule has 2 amide bonds. The zero-order valence-corrected chi connectivity index (χ0v) is 17.3. The van der Waals surface area contributed by atoms with Gasteiger partial charge in [-0.1, -0.05) is 54.1 Å². The Bertz CT molecular complexity index is 1020. The summed E-state index contributed by atoms with van der Waals surface area (Å²) in [5, 5.41) is 5.82. The molecular weight excluding hydrogens is 420 g/mol. The molecule has 1 heterocycles. The smallest absolute Gasteiger partial charge is 0.329 e. The van der Waals surface area contributed by atoms with Gasteiger partial charge in [0.15, 0.2) is 12.4 Å². The fourth-order valence-electron chi connectivity index (χ4n) is 2.82. The molecule has 1 atom stereocenters. The molecule has 2 aromatic carbocycles. The Morgan fingerprint density at radius 1 is 0.968 bits per heavy atom. The average molecular weight is 441 g/mol. The number of furan rings is 1. The van der Waals surface area contributed by atoms with Crippen molar-refractivity contribution in [3.8, 4) is 0 Å². The summed E-state index contributed by atoms with van der Waals surface area (Å²) in [6.07, 6.45) is 1.57. The number of hydrogen-bond donors (Lipinski definition) is 2. The zero-order chi connectivity index (χ0) is 22.1. The maximum Gasteiger partial charge on any atom is 0.329 e. The van der Waals surface area contributed by atoms with Crippen LogP contribution in [0.5, 0.6) is 0 Å². The molecule has 0 saturated carbocycles. The van der Waals surface area contributed by atoms with E-state index in [0.29, 0.717) is 5.02 Å². The first-order valence-corrected chi connectivity index (χ1v) is 9.95. The van der Waals surface area contributed by atoms with E-state index in [9.17, 15) is 14.4 Å². The molecular formula is C23H21ClN2O5. The molecule has 0 aliphatic heterocycles. The van der Waals surface area contributed by atoms with Crippen LogP contribution in [0, 0.1) is 0 Å². The Kier molecular flexibility index (Phi) is 7.84. The van der Waals surface area contributed by atoms with Gasteiger partial charge in [-0.25, -0.2) is 4.79 Å². The minimum absolute atomic E-state index is 0.0742. The molecule has 1 aromatic heterocycles. The Labute approximate surface area is 184 Å². The summed E-state index contributed by atoms with van der Waals surface area (Å²) in [5.74, 6) is -1.66. The number of esters is 1. The first-order chi connectivity index (χ1) is 15.0. The monoisotopic (exact) mass is 440 g/mol. The minimum Gasteiger partial charge on any atom is -0.459 e. The Morgan fingerprint density at radius 2 is 1.74 bits per heavy atom. The third kappa shape index (κ3) is 7.01. The molecule has 0 aliphatic rings. The molecule has 2 N–H and O–H groups in total. The van der Waals surface area contributed by atoms with Gasteiger partial charge in [-0.3, -0.25) is 9.59 Å². The van der Waals surface area contributed by atoms with Crippen LogP contribution in [-0.2, 0) is 27.3 Å². The zero-order valence-electron chi connectivity index (χ0n) is 16.5. The number of ether oxygens (including phenoxy) is 1. The largest absolute Gasteiger partial charge is 0.459 e.